The molecule has 1 unspecified atom stereocenters. The summed E-state index contributed by atoms with van der Waals surface area (Å²) in [5.41, 5.74) is 7.47. The molecule has 2 aliphatic rings. The number of hydrogen-bond donors (Lipinski definition) is 1. The van der Waals surface area contributed by atoms with Gasteiger partial charge in [-0.2, -0.15) is 0 Å². The Bertz CT molecular complexity index is 451. The van der Waals surface area contributed by atoms with Gasteiger partial charge in [-0.3, -0.25) is 4.79 Å². The first-order valence-electron chi connectivity index (χ1n) is 7.28. The largest absolute Gasteiger partial charge is 0.340 e. The third-order valence-corrected chi connectivity index (χ3v) is 4.68. The van der Waals surface area contributed by atoms with Gasteiger partial charge in [-0.15, -0.1) is 0 Å². The number of hydrogen-bond acceptors (Lipinski definition) is 2. The molecule has 3 nitrogen and oxygen atoms in total. The molecule has 0 spiro atoms. The van der Waals surface area contributed by atoms with E-state index in [0.29, 0.717) is 6.42 Å². The highest BCUT2D eigenvalue weighted by Crippen LogP contribution is 2.42. The summed E-state index contributed by atoms with van der Waals surface area (Å²) in [7, 11) is 0. The molecule has 19 heavy (non-hydrogen) atoms. The lowest BCUT2D eigenvalue weighted by atomic mass is 9.78. The van der Waals surface area contributed by atoms with Crippen LogP contribution in [0.15, 0.2) is 30.3 Å². The minimum absolute atomic E-state index is 0.0294. The first kappa shape index (κ1) is 12.7. The Morgan fingerprint density at radius 3 is 2.47 bits per heavy atom. The van der Waals surface area contributed by atoms with Crippen LogP contribution in [0, 0.1) is 0 Å². The van der Waals surface area contributed by atoms with E-state index in [1.165, 1.54) is 31.2 Å². The smallest absolute Gasteiger partial charge is 0.224 e. The number of nitrogens with zero attached hydrogens (tertiary/aromatic N) is 1. The van der Waals surface area contributed by atoms with Crippen LogP contribution in [0.25, 0.3) is 0 Å². The molecule has 0 radical (unpaired) electrons. The van der Waals surface area contributed by atoms with Crippen LogP contribution in [0.1, 0.15) is 37.7 Å². The van der Waals surface area contributed by atoms with Gasteiger partial charge in [-0.1, -0.05) is 43.2 Å². The second-order valence-corrected chi connectivity index (χ2v) is 6.09. The average Bonchev–Trinajstić information content (AvgIpc) is 3.00. The SMILES string of the molecule is NC1CC(=O)N(CC2(c3ccccc3)CCCC2)C1. The lowest BCUT2D eigenvalue weighted by Gasteiger charge is -2.34. The highest BCUT2D eigenvalue weighted by molar-refractivity contribution is 5.79. The maximum Gasteiger partial charge on any atom is 0.224 e. The Kier molecular flexibility index (Phi) is 3.31. The molecule has 1 heterocycles. The highest BCUT2D eigenvalue weighted by atomic mass is 16.2. The van der Waals surface area contributed by atoms with E-state index in [1.807, 2.05) is 4.90 Å². The molecule has 1 aromatic carbocycles. The Morgan fingerprint density at radius 2 is 1.89 bits per heavy atom. The van der Waals surface area contributed by atoms with Gasteiger partial charge in [0.25, 0.3) is 0 Å². The van der Waals surface area contributed by atoms with Crippen molar-refractivity contribution in [3.05, 3.63) is 35.9 Å². The van der Waals surface area contributed by atoms with E-state index >= 15 is 0 Å². The molecule has 1 saturated carbocycles. The third kappa shape index (κ3) is 2.39. The summed E-state index contributed by atoms with van der Waals surface area (Å²) in [6.45, 7) is 1.58. The van der Waals surface area contributed by atoms with Crippen molar-refractivity contribution in [2.24, 2.45) is 5.73 Å². The summed E-state index contributed by atoms with van der Waals surface area (Å²) in [4.78, 5) is 14.0. The second-order valence-electron chi connectivity index (χ2n) is 6.09. The number of carbonyl (C=O) groups is 1. The van der Waals surface area contributed by atoms with Gasteiger partial charge in [-0.05, 0) is 18.4 Å². The fourth-order valence-electron chi connectivity index (χ4n) is 3.70. The Morgan fingerprint density at radius 1 is 1.21 bits per heavy atom. The van der Waals surface area contributed by atoms with Crippen molar-refractivity contribution in [2.75, 3.05) is 13.1 Å². The van der Waals surface area contributed by atoms with Crippen molar-refractivity contribution in [3.8, 4) is 0 Å². The molecule has 3 rings (SSSR count). The Hall–Kier alpha value is -1.35. The van der Waals surface area contributed by atoms with E-state index in [9.17, 15) is 4.79 Å². The predicted octanol–water partition coefficient (Wildman–Crippen LogP) is 2.06. The lowest BCUT2D eigenvalue weighted by molar-refractivity contribution is -0.128. The molecular formula is C16H22N2O. The van der Waals surface area contributed by atoms with Crippen LogP contribution >= 0.6 is 0 Å². The van der Waals surface area contributed by atoms with Crippen LogP contribution in [0.5, 0.6) is 0 Å². The Balaban J connectivity index is 1.84. The van der Waals surface area contributed by atoms with E-state index in [2.05, 4.69) is 30.3 Å². The van der Waals surface area contributed by atoms with E-state index < -0.39 is 0 Å². The van der Waals surface area contributed by atoms with Crippen LogP contribution in [0.3, 0.4) is 0 Å². The van der Waals surface area contributed by atoms with Crippen LogP contribution in [-0.2, 0) is 10.2 Å². The summed E-state index contributed by atoms with van der Waals surface area (Å²) in [5, 5.41) is 0. The number of carbonyl (C=O) groups excluding carboxylic acids is 1. The number of likely N-dealkylation sites (tertiary alicyclic amines) is 1. The topological polar surface area (TPSA) is 46.3 Å². The Labute approximate surface area is 114 Å². The molecule has 1 saturated heterocycles. The van der Waals surface area contributed by atoms with Gasteiger partial charge in [0.05, 0.1) is 0 Å². The third-order valence-electron chi connectivity index (χ3n) is 4.68. The maximum atomic E-state index is 12.0. The normalized spacial score (nSPS) is 26.1. The van der Waals surface area contributed by atoms with Crippen LogP contribution < -0.4 is 5.73 Å². The van der Waals surface area contributed by atoms with Gasteiger partial charge < -0.3 is 10.6 Å². The van der Waals surface area contributed by atoms with Crippen molar-refractivity contribution >= 4 is 5.91 Å². The minimum Gasteiger partial charge on any atom is -0.340 e. The summed E-state index contributed by atoms with van der Waals surface area (Å²) in [6.07, 6.45) is 5.43. The van der Waals surface area contributed by atoms with Gasteiger partial charge in [0.15, 0.2) is 0 Å². The molecule has 1 aromatic rings. The number of rotatable bonds is 3. The zero-order chi connectivity index (χ0) is 13.3. The van der Waals surface area contributed by atoms with Gasteiger partial charge in [-0.25, -0.2) is 0 Å². The van der Waals surface area contributed by atoms with Crippen LogP contribution in [-0.4, -0.2) is 29.9 Å². The second kappa shape index (κ2) is 4.97. The van der Waals surface area contributed by atoms with E-state index in [0.717, 1.165) is 13.1 Å². The van der Waals surface area contributed by atoms with Crippen molar-refractivity contribution in [3.63, 3.8) is 0 Å². The molecule has 1 amide bonds. The molecular weight excluding hydrogens is 236 g/mol. The minimum atomic E-state index is 0.0294. The number of amides is 1. The van der Waals surface area contributed by atoms with Crippen molar-refractivity contribution in [1.29, 1.82) is 0 Å². The molecule has 3 heteroatoms. The summed E-state index contributed by atoms with van der Waals surface area (Å²) >= 11 is 0. The lowest BCUT2D eigenvalue weighted by Crippen LogP contribution is -2.40. The van der Waals surface area contributed by atoms with E-state index in [-0.39, 0.29) is 17.4 Å². The maximum absolute atomic E-state index is 12.0. The van der Waals surface area contributed by atoms with Crippen molar-refractivity contribution < 1.29 is 4.79 Å². The average molecular weight is 258 g/mol. The van der Waals surface area contributed by atoms with E-state index in [1.54, 1.807) is 0 Å². The zero-order valence-corrected chi connectivity index (χ0v) is 11.3. The van der Waals surface area contributed by atoms with Gasteiger partial charge in [0, 0.05) is 31.0 Å². The highest BCUT2D eigenvalue weighted by Gasteiger charge is 2.40. The van der Waals surface area contributed by atoms with Crippen molar-refractivity contribution in [2.45, 2.75) is 43.6 Å². The van der Waals surface area contributed by atoms with E-state index in [4.69, 9.17) is 5.73 Å². The monoisotopic (exact) mass is 258 g/mol. The number of nitrogens with two attached hydrogens (primary N) is 1. The van der Waals surface area contributed by atoms with Gasteiger partial charge in [0.2, 0.25) is 5.91 Å². The molecule has 1 aliphatic heterocycles. The summed E-state index contributed by atoms with van der Waals surface area (Å²) in [6, 6.07) is 10.7. The molecule has 102 valence electrons. The predicted molar refractivity (Wildman–Crippen MR) is 75.8 cm³/mol. The first-order valence-corrected chi connectivity index (χ1v) is 7.28. The fraction of sp³-hybridized carbons (Fsp3) is 0.562. The quantitative estimate of drug-likeness (QED) is 0.902. The molecule has 0 bridgehead atoms. The molecule has 2 fully saturated rings. The van der Waals surface area contributed by atoms with Gasteiger partial charge in [0.1, 0.15) is 0 Å². The molecule has 1 atom stereocenters. The fourth-order valence-corrected chi connectivity index (χ4v) is 3.70. The van der Waals surface area contributed by atoms with Crippen molar-refractivity contribution in [1.82, 2.24) is 4.90 Å². The summed E-state index contributed by atoms with van der Waals surface area (Å²) in [5.74, 6) is 0.231. The molecule has 0 aromatic heterocycles. The summed E-state index contributed by atoms with van der Waals surface area (Å²) < 4.78 is 0. The molecule has 1 aliphatic carbocycles. The van der Waals surface area contributed by atoms with Crippen LogP contribution in [0.4, 0.5) is 0 Å². The van der Waals surface area contributed by atoms with Crippen LogP contribution in [0.2, 0.25) is 0 Å². The van der Waals surface area contributed by atoms with Gasteiger partial charge >= 0.3 is 0 Å². The zero-order valence-electron chi connectivity index (χ0n) is 11.3. The molecule has 2 N–H and O–H groups in total. The number of benzene rings is 1. The first-order chi connectivity index (χ1) is 9.20. The standard InChI is InChI=1S/C16H22N2O/c17-14-10-15(19)18(11-14)12-16(8-4-5-9-16)13-6-2-1-3-7-13/h1-3,6-7,14H,4-5,8-12,17H2.